The van der Waals surface area contributed by atoms with E-state index in [2.05, 4.69) is 169 Å². The molecule has 2 aliphatic carbocycles. The maximum absolute atomic E-state index is 2.51. The monoisotopic (exact) mass is 599 g/mol. The maximum Gasteiger partial charge on any atom is 0.0713 e. The van der Waals surface area contributed by atoms with Crippen molar-refractivity contribution in [3.8, 4) is 27.9 Å². The molecule has 0 N–H and O–H groups in total. The van der Waals surface area contributed by atoms with Crippen LogP contribution < -0.4 is 0 Å². The van der Waals surface area contributed by atoms with E-state index in [0.717, 1.165) is 12.8 Å². The Hall–Kier alpha value is -5.66. The molecule has 10 rings (SSSR count). The van der Waals surface area contributed by atoms with Crippen molar-refractivity contribution in [1.82, 2.24) is 4.57 Å². The van der Waals surface area contributed by atoms with Gasteiger partial charge in [-0.3, -0.25) is 0 Å². The van der Waals surface area contributed by atoms with Crippen LogP contribution in [0.4, 0.5) is 0 Å². The zero-order valence-electron chi connectivity index (χ0n) is 26.4. The first kappa shape index (κ1) is 26.5. The van der Waals surface area contributed by atoms with Gasteiger partial charge in [-0.15, -0.1) is 0 Å². The Balaban J connectivity index is 1.29. The molecule has 0 spiro atoms. The Labute approximate surface area is 275 Å². The first-order valence-corrected chi connectivity index (χ1v) is 16.8. The van der Waals surface area contributed by atoms with Crippen molar-refractivity contribution < 1.29 is 0 Å². The molecule has 1 heterocycles. The van der Waals surface area contributed by atoms with E-state index in [1.54, 1.807) is 0 Å². The predicted molar refractivity (Wildman–Crippen MR) is 196 cm³/mol. The number of nitrogens with zero attached hydrogens (tertiary/aromatic N) is 1. The lowest BCUT2D eigenvalue weighted by Crippen LogP contribution is -2.28. The van der Waals surface area contributed by atoms with Crippen LogP contribution in [0.2, 0.25) is 0 Å². The second-order valence-electron chi connectivity index (χ2n) is 13.1. The molecule has 0 radical (unpaired) electrons. The first-order valence-electron chi connectivity index (χ1n) is 16.8. The highest BCUT2D eigenvalue weighted by atomic mass is 15.0. The quantitative estimate of drug-likeness (QED) is 0.190. The predicted octanol–water partition coefficient (Wildman–Crippen LogP) is 11.3. The SMILES string of the molecule is CCc1cccc2c1Cc1ccc(-n3c4ccccc4c4cc5c(cc43)-c3ccccc3C5(c3ccccc3)c3ccccc3)cc1-2. The molecule has 1 nitrogen and oxygen atoms in total. The van der Waals surface area contributed by atoms with Crippen LogP contribution in [-0.4, -0.2) is 4.57 Å². The Bertz CT molecular complexity index is 2480. The van der Waals surface area contributed by atoms with E-state index < -0.39 is 5.41 Å². The molecule has 1 heteroatoms. The summed E-state index contributed by atoms with van der Waals surface area (Å²) in [5.74, 6) is 0. The molecule has 0 amide bonds. The molecule has 0 fully saturated rings. The molecule has 0 saturated heterocycles. The van der Waals surface area contributed by atoms with Crippen molar-refractivity contribution in [3.05, 3.63) is 197 Å². The molecular weight excluding hydrogens is 567 g/mol. The molecule has 0 bridgehead atoms. The van der Waals surface area contributed by atoms with Gasteiger partial charge in [0.15, 0.2) is 0 Å². The standard InChI is InChI=1S/C46H33N/c1-2-30-14-13-21-35-38(30)26-31-24-25-34(27-39(31)35)47-44-23-12-10-20-37(44)41-28-43-40(29-45(41)47)36-19-9-11-22-42(36)46(43,32-15-5-3-6-16-32)33-17-7-4-8-18-33/h3-25,27-29H,2,26H2,1H3. The lowest BCUT2D eigenvalue weighted by atomic mass is 9.67. The normalized spacial score (nSPS) is 13.8. The average molecular weight is 600 g/mol. The number of fused-ring (bicyclic) bond motifs is 9. The minimum Gasteiger partial charge on any atom is -0.309 e. The molecule has 2 aliphatic rings. The van der Waals surface area contributed by atoms with Crippen molar-refractivity contribution in [2.75, 3.05) is 0 Å². The number of hydrogen-bond acceptors (Lipinski definition) is 0. The summed E-state index contributed by atoms with van der Waals surface area (Å²) in [4.78, 5) is 0. The fourth-order valence-electron chi connectivity index (χ4n) is 8.91. The van der Waals surface area contributed by atoms with Crippen LogP contribution in [0.5, 0.6) is 0 Å². The van der Waals surface area contributed by atoms with E-state index >= 15 is 0 Å². The van der Waals surface area contributed by atoms with Gasteiger partial charge in [-0.05, 0) is 104 Å². The van der Waals surface area contributed by atoms with E-state index in [1.807, 2.05) is 0 Å². The van der Waals surface area contributed by atoms with Gasteiger partial charge in [0.2, 0.25) is 0 Å². The molecule has 0 atom stereocenters. The van der Waals surface area contributed by atoms with E-state index in [9.17, 15) is 0 Å². The first-order chi connectivity index (χ1) is 23.3. The van der Waals surface area contributed by atoms with Gasteiger partial charge < -0.3 is 4.57 Å². The second kappa shape index (κ2) is 9.92. The number of rotatable bonds is 4. The van der Waals surface area contributed by atoms with Crippen LogP contribution in [0.3, 0.4) is 0 Å². The van der Waals surface area contributed by atoms with Crippen LogP contribution in [0, 0.1) is 0 Å². The lowest BCUT2D eigenvalue weighted by molar-refractivity contribution is 0.769. The summed E-state index contributed by atoms with van der Waals surface area (Å²) in [6.07, 6.45) is 2.09. The highest BCUT2D eigenvalue weighted by molar-refractivity contribution is 6.12. The van der Waals surface area contributed by atoms with Crippen molar-refractivity contribution >= 4 is 21.8 Å². The molecule has 47 heavy (non-hydrogen) atoms. The smallest absolute Gasteiger partial charge is 0.0713 e. The molecule has 0 aliphatic heterocycles. The highest BCUT2D eigenvalue weighted by Crippen LogP contribution is 2.57. The summed E-state index contributed by atoms with van der Waals surface area (Å²) in [5.41, 5.74) is 18.3. The summed E-state index contributed by atoms with van der Waals surface area (Å²) in [6.45, 7) is 2.27. The summed E-state index contributed by atoms with van der Waals surface area (Å²) in [5, 5.41) is 2.57. The van der Waals surface area contributed by atoms with Crippen LogP contribution in [0.15, 0.2) is 158 Å². The zero-order valence-corrected chi connectivity index (χ0v) is 26.4. The van der Waals surface area contributed by atoms with E-state index in [0.29, 0.717) is 0 Å². The van der Waals surface area contributed by atoms with Crippen molar-refractivity contribution in [2.24, 2.45) is 0 Å². The van der Waals surface area contributed by atoms with Crippen LogP contribution in [0.1, 0.15) is 45.9 Å². The Morgan fingerprint density at radius 3 is 2.00 bits per heavy atom. The van der Waals surface area contributed by atoms with Gasteiger partial charge in [0.1, 0.15) is 0 Å². The topological polar surface area (TPSA) is 4.93 Å². The zero-order chi connectivity index (χ0) is 31.1. The van der Waals surface area contributed by atoms with Gasteiger partial charge in [-0.2, -0.15) is 0 Å². The summed E-state index contributed by atoms with van der Waals surface area (Å²) < 4.78 is 2.50. The third kappa shape index (κ3) is 3.54. The van der Waals surface area contributed by atoms with Crippen LogP contribution in [0.25, 0.3) is 49.7 Å². The maximum atomic E-state index is 2.51. The number of aryl methyl sites for hydroxylation is 1. The summed E-state index contributed by atoms with van der Waals surface area (Å²) in [7, 11) is 0. The molecule has 0 unspecified atom stereocenters. The van der Waals surface area contributed by atoms with Gasteiger partial charge in [0, 0.05) is 16.5 Å². The van der Waals surface area contributed by atoms with Gasteiger partial charge in [0.05, 0.1) is 16.4 Å². The molecule has 7 aromatic carbocycles. The number of benzene rings is 7. The second-order valence-corrected chi connectivity index (χ2v) is 13.1. The third-order valence-electron chi connectivity index (χ3n) is 10.9. The number of para-hydroxylation sites is 1. The highest BCUT2D eigenvalue weighted by Gasteiger charge is 2.46. The minimum absolute atomic E-state index is 0.417. The van der Waals surface area contributed by atoms with Crippen molar-refractivity contribution in [3.63, 3.8) is 0 Å². The van der Waals surface area contributed by atoms with Gasteiger partial charge in [0.25, 0.3) is 0 Å². The van der Waals surface area contributed by atoms with Gasteiger partial charge >= 0.3 is 0 Å². The lowest BCUT2D eigenvalue weighted by Gasteiger charge is -2.33. The molecule has 0 saturated carbocycles. The number of aromatic nitrogens is 1. The summed E-state index contributed by atoms with van der Waals surface area (Å²) >= 11 is 0. The fourth-order valence-corrected chi connectivity index (χ4v) is 8.91. The fraction of sp³-hybridized carbons (Fsp3) is 0.0870. The third-order valence-corrected chi connectivity index (χ3v) is 10.9. The van der Waals surface area contributed by atoms with Crippen molar-refractivity contribution in [2.45, 2.75) is 25.2 Å². The minimum atomic E-state index is -0.417. The van der Waals surface area contributed by atoms with E-state index in [-0.39, 0.29) is 0 Å². The largest absolute Gasteiger partial charge is 0.309 e. The molecular formula is C46H33N. The van der Waals surface area contributed by atoms with Crippen LogP contribution >= 0.6 is 0 Å². The molecule has 8 aromatic rings. The van der Waals surface area contributed by atoms with Gasteiger partial charge in [-0.25, -0.2) is 0 Å². The number of hydrogen-bond donors (Lipinski definition) is 0. The van der Waals surface area contributed by atoms with Crippen molar-refractivity contribution in [1.29, 1.82) is 0 Å². The molecule has 1 aromatic heterocycles. The Morgan fingerprint density at radius 2 is 1.21 bits per heavy atom. The molecule has 222 valence electrons. The van der Waals surface area contributed by atoms with E-state index in [1.165, 1.54) is 88.7 Å². The Morgan fingerprint density at radius 1 is 0.511 bits per heavy atom. The summed E-state index contributed by atoms with van der Waals surface area (Å²) in [6, 6.07) is 59.1. The Kier molecular flexibility index (Phi) is 5.60. The van der Waals surface area contributed by atoms with E-state index in [4.69, 9.17) is 0 Å². The average Bonchev–Trinajstić information content (AvgIpc) is 3.77. The van der Waals surface area contributed by atoms with Crippen LogP contribution in [-0.2, 0) is 18.3 Å². The van der Waals surface area contributed by atoms with Gasteiger partial charge in [-0.1, -0.05) is 134 Å².